The van der Waals surface area contributed by atoms with E-state index in [0.717, 1.165) is 42.5 Å². The summed E-state index contributed by atoms with van der Waals surface area (Å²) in [5.74, 6) is 0.130. The molecular formula is C30H35FN2O4S. The number of amides is 2. The number of thiophene rings is 1. The molecule has 4 rings (SSSR count). The molecule has 2 aromatic carbocycles. The number of carbonyl (C=O) groups excluding carboxylic acids is 2. The summed E-state index contributed by atoms with van der Waals surface area (Å²) >= 11 is 1.49. The van der Waals surface area contributed by atoms with E-state index in [1.165, 1.54) is 22.3 Å². The zero-order valence-corrected chi connectivity index (χ0v) is 22.8. The standard InChI is InChI=1S/C30H35FN2O4S/c1-36-26-15-14-21(19-27(26)37-2)16-17-33(28(34)20-23-11-8-18-38-23)29(24-12-6-7-13-25(24)31)30(35)32-22-9-4-3-5-10-22/h6-8,11-15,18-19,22,29H,3-5,9-10,16-17,20H2,1-2H3,(H,32,35)/t29-/m1/s1. The van der Waals surface area contributed by atoms with Gasteiger partial charge < -0.3 is 19.7 Å². The SMILES string of the molecule is COc1ccc(CCN(C(=O)Cc2cccs2)[C@@H](C(=O)NC2CCCCC2)c2ccccc2F)cc1OC. The highest BCUT2D eigenvalue weighted by molar-refractivity contribution is 7.10. The molecule has 0 spiro atoms. The van der Waals surface area contributed by atoms with Gasteiger partial charge in [-0.2, -0.15) is 0 Å². The van der Waals surface area contributed by atoms with Crippen LogP contribution < -0.4 is 14.8 Å². The number of nitrogens with one attached hydrogen (secondary N) is 1. The average Bonchev–Trinajstić information content (AvgIpc) is 3.45. The number of hydrogen-bond acceptors (Lipinski definition) is 5. The third kappa shape index (κ3) is 6.92. The number of methoxy groups -OCH3 is 2. The van der Waals surface area contributed by atoms with E-state index in [2.05, 4.69) is 5.32 Å². The van der Waals surface area contributed by atoms with Crippen molar-refractivity contribution in [3.05, 3.63) is 81.8 Å². The number of halogens is 1. The van der Waals surface area contributed by atoms with Gasteiger partial charge in [0.25, 0.3) is 0 Å². The number of ether oxygens (including phenoxy) is 2. The van der Waals surface area contributed by atoms with E-state index in [1.807, 2.05) is 35.7 Å². The Balaban J connectivity index is 1.66. The minimum Gasteiger partial charge on any atom is -0.493 e. The van der Waals surface area contributed by atoms with Crippen molar-refractivity contribution in [2.24, 2.45) is 0 Å². The van der Waals surface area contributed by atoms with Gasteiger partial charge in [-0.25, -0.2) is 4.39 Å². The van der Waals surface area contributed by atoms with Crippen LogP contribution in [0.25, 0.3) is 0 Å². The minimum atomic E-state index is -1.08. The lowest BCUT2D eigenvalue weighted by Gasteiger charge is -2.33. The van der Waals surface area contributed by atoms with Crippen molar-refractivity contribution in [3.8, 4) is 11.5 Å². The highest BCUT2D eigenvalue weighted by Crippen LogP contribution is 2.30. The summed E-state index contributed by atoms with van der Waals surface area (Å²) in [4.78, 5) is 30.0. The Hall–Kier alpha value is -3.39. The fourth-order valence-electron chi connectivity index (χ4n) is 5.02. The van der Waals surface area contributed by atoms with Crippen molar-refractivity contribution in [2.45, 2.75) is 57.0 Å². The zero-order valence-electron chi connectivity index (χ0n) is 22.0. The second kappa shape index (κ2) is 13.4. The van der Waals surface area contributed by atoms with E-state index in [0.29, 0.717) is 17.9 Å². The van der Waals surface area contributed by atoms with Crippen LogP contribution >= 0.6 is 11.3 Å². The minimum absolute atomic E-state index is 0.0330. The fourth-order valence-corrected chi connectivity index (χ4v) is 5.72. The fraction of sp³-hybridized carbons (Fsp3) is 0.400. The molecule has 0 unspecified atom stereocenters. The first kappa shape index (κ1) is 27.6. The number of nitrogens with zero attached hydrogens (tertiary/aromatic N) is 1. The van der Waals surface area contributed by atoms with E-state index in [-0.39, 0.29) is 36.4 Å². The third-order valence-electron chi connectivity index (χ3n) is 7.03. The molecule has 6 nitrogen and oxygen atoms in total. The molecule has 1 fully saturated rings. The van der Waals surface area contributed by atoms with Crippen molar-refractivity contribution >= 4 is 23.2 Å². The predicted molar refractivity (Wildman–Crippen MR) is 147 cm³/mol. The molecule has 2 amide bonds. The van der Waals surface area contributed by atoms with Gasteiger partial charge in [0.1, 0.15) is 11.9 Å². The molecule has 202 valence electrons. The number of benzene rings is 2. The summed E-state index contributed by atoms with van der Waals surface area (Å²) < 4.78 is 26.0. The van der Waals surface area contributed by atoms with Gasteiger partial charge in [-0.05, 0) is 54.5 Å². The van der Waals surface area contributed by atoms with Crippen molar-refractivity contribution in [1.82, 2.24) is 10.2 Å². The first-order chi connectivity index (χ1) is 18.5. The number of carbonyl (C=O) groups is 2. The Kier molecular flexibility index (Phi) is 9.76. The quantitative estimate of drug-likeness (QED) is 0.340. The van der Waals surface area contributed by atoms with Gasteiger partial charge in [0, 0.05) is 23.0 Å². The highest BCUT2D eigenvalue weighted by Gasteiger charge is 2.34. The lowest BCUT2D eigenvalue weighted by Crippen LogP contribution is -2.48. The molecule has 0 saturated heterocycles. The number of rotatable bonds is 11. The summed E-state index contributed by atoms with van der Waals surface area (Å²) in [6.45, 7) is 0.233. The third-order valence-corrected chi connectivity index (χ3v) is 7.90. The van der Waals surface area contributed by atoms with Gasteiger partial charge in [-0.3, -0.25) is 9.59 Å². The van der Waals surface area contributed by atoms with Gasteiger partial charge >= 0.3 is 0 Å². The maximum Gasteiger partial charge on any atom is 0.247 e. The first-order valence-corrected chi connectivity index (χ1v) is 14.0. The van der Waals surface area contributed by atoms with Gasteiger partial charge in [-0.15, -0.1) is 11.3 Å². The molecule has 0 aliphatic heterocycles. The Bertz CT molecular complexity index is 1210. The molecule has 1 N–H and O–H groups in total. The Labute approximate surface area is 227 Å². The Morgan fingerprint density at radius 2 is 1.79 bits per heavy atom. The molecule has 3 aromatic rings. The van der Waals surface area contributed by atoms with Crippen LogP contribution in [0.2, 0.25) is 0 Å². The maximum absolute atomic E-state index is 15.2. The maximum atomic E-state index is 15.2. The van der Waals surface area contributed by atoms with Crippen LogP contribution in [0.4, 0.5) is 4.39 Å². The molecule has 1 aromatic heterocycles. The molecule has 1 heterocycles. The smallest absolute Gasteiger partial charge is 0.247 e. The lowest BCUT2D eigenvalue weighted by atomic mass is 9.94. The molecule has 1 aliphatic rings. The predicted octanol–water partition coefficient (Wildman–Crippen LogP) is 5.71. The van der Waals surface area contributed by atoms with Gasteiger partial charge in [-0.1, -0.05) is 49.6 Å². The summed E-state index contributed by atoms with van der Waals surface area (Å²) in [6, 6.07) is 14.6. The van der Waals surface area contributed by atoms with Crippen LogP contribution in [-0.2, 0) is 22.4 Å². The van der Waals surface area contributed by atoms with Crippen LogP contribution in [0, 0.1) is 5.82 Å². The van der Waals surface area contributed by atoms with Crippen LogP contribution in [0.15, 0.2) is 60.0 Å². The lowest BCUT2D eigenvalue weighted by molar-refractivity contribution is -0.140. The molecule has 0 radical (unpaired) electrons. The topological polar surface area (TPSA) is 67.9 Å². The summed E-state index contributed by atoms with van der Waals surface area (Å²) in [7, 11) is 3.15. The molecule has 1 atom stereocenters. The summed E-state index contributed by atoms with van der Waals surface area (Å²) in [5.41, 5.74) is 1.11. The van der Waals surface area contributed by atoms with Crippen LogP contribution in [-0.4, -0.2) is 43.5 Å². The molecule has 1 saturated carbocycles. The van der Waals surface area contributed by atoms with Gasteiger partial charge in [0.2, 0.25) is 11.8 Å². The van der Waals surface area contributed by atoms with Crippen LogP contribution in [0.1, 0.15) is 54.1 Å². The molecular weight excluding hydrogens is 503 g/mol. The normalized spacial score (nSPS) is 14.5. The Morgan fingerprint density at radius 1 is 1.03 bits per heavy atom. The monoisotopic (exact) mass is 538 g/mol. The highest BCUT2D eigenvalue weighted by atomic mass is 32.1. The van der Waals surface area contributed by atoms with E-state index in [4.69, 9.17) is 9.47 Å². The van der Waals surface area contributed by atoms with Gasteiger partial charge in [0.15, 0.2) is 11.5 Å². The van der Waals surface area contributed by atoms with E-state index < -0.39 is 11.9 Å². The average molecular weight is 539 g/mol. The second-order valence-electron chi connectivity index (χ2n) is 9.55. The van der Waals surface area contributed by atoms with Crippen molar-refractivity contribution in [1.29, 1.82) is 0 Å². The van der Waals surface area contributed by atoms with Crippen LogP contribution in [0.5, 0.6) is 11.5 Å². The largest absolute Gasteiger partial charge is 0.493 e. The number of hydrogen-bond donors (Lipinski definition) is 1. The van der Waals surface area contributed by atoms with E-state index in [1.54, 1.807) is 32.4 Å². The first-order valence-electron chi connectivity index (χ1n) is 13.1. The van der Waals surface area contributed by atoms with E-state index >= 15 is 4.39 Å². The Morgan fingerprint density at radius 3 is 2.47 bits per heavy atom. The van der Waals surface area contributed by atoms with Gasteiger partial charge in [0.05, 0.1) is 20.6 Å². The summed E-state index contributed by atoms with van der Waals surface area (Å²) in [6.07, 6.45) is 5.64. The zero-order chi connectivity index (χ0) is 26.9. The summed E-state index contributed by atoms with van der Waals surface area (Å²) in [5, 5.41) is 5.05. The molecule has 0 bridgehead atoms. The molecule has 1 aliphatic carbocycles. The molecule has 8 heteroatoms. The van der Waals surface area contributed by atoms with Crippen molar-refractivity contribution < 1.29 is 23.5 Å². The van der Waals surface area contributed by atoms with E-state index in [9.17, 15) is 9.59 Å². The second-order valence-corrected chi connectivity index (χ2v) is 10.6. The molecule has 38 heavy (non-hydrogen) atoms. The van der Waals surface area contributed by atoms with Crippen LogP contribution in [0.3, 0.4) is 0 Å². The van der Waals surface area contributed by atoms with Crippen molar-refractivity contribution in [3.63, 3.8) is 0 Å². The van der Waals surface area contributed by atoms with Crippen molar-refractivity contribution in [2.75, 3.05) is 20.8 Å².